The molecule has 2 nitrogen and oxygen atoms in total. The van der Waals surface area contributed by atoms with E-state index in [0.717, 1.165) is 27.9 Å². The molecule has 2 aromatic rings. The monoisotopic (exact) mass is 249 g/mol. The lowest BCUT2D eigenvalue weighted by Gasteiger charge is -2.13. The van der Waals surface area contributed by atoms with E-state index in [1.807, 2.05) is 49.5 Å². The van der Waals surface area contributed by atoms with Gasteiger partial charge in [-0.3, -0.25) is 4.79 Å². The smallest absolute Gasteiger partial charge is 0.163 e. The van der Waals surface area contributed by atoms with Crippen molar-refractivity contribution in [2.24, 2.45) is 0 Å². The van der Waals surface area contributed by atoms with E-state index in [9.17, 15) is 4.79 Å². The molecule has 2 heteroatoms. The van der Waals surface area contributed by atoms with Gasteiger partial charge < -0.3 is 5.32 Å². The zero-order valence-corrected chi connectivity index (χ0v) is 10.8. The number of hydrogen-bond acceptors (Lipinski definition) is 2. The van der Waals surface area contributed by atoms with Gasteiger partial charge in [0, 0.05) is 29.4 Å². The summed E-state index contributed by atoms with van der Waals surface area (Å²) >= 11 is 0. The average molecular weight is 249 g/mol. The molecule has 0 saturated carbocycles. The topological polar surface area (TPSA) is 29.1 Å². The van der Waals surface area contributed by atoms with Gasteiger partial charge in [-0.15, -0.1) is 0 Å². The summed E-state index contributed by atoms with van der Waals surface area (Å²) in [5, 5.41) is 3.26. The Balaban J connectivity index is 2.32. The molecule has 0 atom stereocenters. The Labute approximate surface area is 112 Å². The highest BCUT2D eigenvalue weighted by Gasteiger charge is 2.17. The van der Waals surface area contributed by atoms with Crippen LogP contribution in [0.25, 0.3) is 17.2 Å². The predicted molar refractivity (Wildman–Crippen MR) is 79.2 cm³/mol. The first-order valence-corrected chi connectivity index (χ1v) is 6.50. The van der Waals surface area contributed by atoms with Crippen molar-refractivity contribution in [3.8, 4) is 11.1 Å². The molecule has 0 aromatic heterocycles. The van der Waals surface area contributed by atoms with E-state index in [1.54, 1.807) is 0 Å². The Morgan fingerprint density at radius 2 is 1.95 bits per heavy atom. The summed E-state index contributed by atoms with van der Waals surface area (Å²) in [5.74, 6) is 0.176. The van der Waals surface area contributed by atoms with Crippen LogP contribution in [0.15, 0.2) is 48.7 Å². The van der Waals surface area contributed by atoms with Crippen LogP contribution in [-0.4, -0.2) is 5.78 Å². The van der Waals surface area contributed by atoms with Crippen molar-refractivity contribution in [2.45, 2.75) is 13.3 Å². The highest BCUT2D eigenvalue weighted by molar-refractivity contribution is 6.06. The van der Waals surface area contributed by atoms with Crippen molar-refractivity contribution >= 4 is 17.5 Å². The minimum atomic E-state index is 0.176. The van der Waals surface area contributed by atoms with Crippen molar-refractivity contribution in [1.82, 2.24) is 0 Å². The lowest BCUT2D eigenvalue weighted by molar-refractivity contribution is 0.0989. The summed E-state index contributed by atoms with van der Waals surface area (Å²) in [7, 11) is 0. The lowest BCUT2D eigenvalue weighted by atomic mass is 9.92. The number of carbonyl (C=O) groups excluding carboxylic acids is 1. The van der Waals surface area contributed by atoms with Crippen LogP contribution in [0.2, 0.25) is 0 Å². The molecule has 0 saturated heterocycles. The largest absolute Gasteiger partial charge is 0.361 e. The predicted octanol–water partition coefficient (Wildman–Crippen LogP) is 4.34. The summed E-state index contributed by atoms with van der Waals surface area (Å²) in [4.78, 5) is 12.2. The molecule has 1 heterocycles. The molecule has 94 valence electrons. The molecule has 1 N–H and O–H groups in total. The van der Waals surface area contributed by atoms with Gasteiger partial charge in [0.1, 0.15) is 0 Å². The minimum absolute atomic E-state index is 0.176. The summed E-state index contributed by atoms with van der Waals surface area (Å²) < 4.78 is 0. The van der Waals surface area contributed by atoms with E-state index in [2.05, 4.69) is 17.4 Å². The second-order valence-corrected chi connectivity index (χ2v) is 4.57. The molecule has 1 aliphatic heterocycles. The van der Waals surface area contributed by atoms with Crippen LogP contribution < -0.4 is 5.32 Å². The van der Waals surface area contributed by atoms with Crippen molar-refractivity contribution in [1.29, 1.82) is 0 Å². The molecular formula is C17H15NO. The summed E-state index contributed by atoms with van der Waals surface area (Å²) in [6, 6.07) is 14.0. The number of Topliss-reactive ketones (excluding diaryl/α,β-unsaturated/α-hetero) is 1. The standard InChI is InChI=1S/C17H15NO/c1-2-16(19)14-8-5-9-15-17(14)13-7-4-3-6-12(13)10-11-18-15/h3-11,18H,2H2,1H3. The first kappa shape index (κ1) is 11.7. The normalized spacial score (nSPS) is 12.1. The van der Waals surface area contributed by atoms with Crippen molar-refractivity contribution in [3.63, 3.8) is 0 Å². The quantitative estimate of drug-likeness (QED) is 0.802. The molecule has 0 aliphatic carbocycles. The second-order valence-electron chi connectivity index (χ2n) is 4.57. The molecule has 0 unspecified atom stereocenters. The number of nitrogens with one attached hydrogen (secondary N) is 1. The van der Waals surface area contributed by atoms with E-state index in [0.29, 0.717) is 6.42 Å². The molecule has 0 radical (unpaired) electrons. The molecule has 0 bridgehead atoms. The molecule has 3 rings (SSSR count). The maximum Gasteiger partial charge on any atom is 0.163 e. The average Bonchev–Trinajstić information content (AvgIpc) is 2.65. The number of rotatable bonds is 2. The molecular weight excluding hydrogens is 234 g/mol. The molecule has 1 aliphatic rings. The van der Waals surface area contributed by atoms with Crippen LogP contribution in [0.5, 0.6) is 0 Å². The van der Waals surface area contributed by atoms with Crippen molar-refractivity contribution in [3.05, 3.63) is 59.8 Å². The van der Waals surface area contributed by atoms with E-state index >= 15 is 0 Å². The van der Waals surface area contributed by atoms with Gasteiger partial charge in [-0.25, -0.2) is 0 Å². The fraction of sp³-hybridized carbons (Fsp3) is 0.118. The third-order valence-corrected chi connectivity index (χ3v) is 3.42. The Morgan fingerprint density at radius 3 is 2.79 bits per heavy atom. The van der Waals surface area contributed by atoms with Crippen LogP contribution in [0.1, 0.15) is 29.3 Å². The van der Waals surface area contributed by atoms with Crippen LogP contribution in [0, 0.1) is 0 Å². The van der Waals surface area contributed by atoms with Gasteiger partial charge in [0.15, 0.2) is 5.78 Å². The fourth-order valence-corrected chi connectivity index (χ4v) is 2.48. The number of fused-ring (bicyclic) bond motifs is 3. The van der Waals surface area contributed by atoms with E-state index in [4.69, 9.17) is 0 Å². The molecule has 2 aromatic carbocycles. The van der Waals surface area contributed by atoms with Gasteiger partial charge in [-0.2, -0.15) is 0 Å². The lowest BCUT2D eigenvalue weighted by Crippen LogP contribution is -2.02. The summed E-state index contributed by atoms with van der Waals surface area (Å²) in [6.45, 7) is 1.90. The minimum Gasteiger partial charge on any atom is -0.361 e. The summed E-state index contributed by atoms with van der Waals surface area (Å²) in [6.07, 6.45) is 4.48. The van der Waals surface area contributed by atoms with E-state index in [1.165, 1.54) is 0 Å². The number of hydrogen-bond donors (Lipinski definition) is 1. The van der Waals surface area contributed by atoms with Crippen molar-refractivity contribution < 1.29 is 4.79 Å². The van der Waals surface area contributed by atoms with Crippen LogP contribution in [0.3, 0.4) is 0 Å². The number of ketones is 1. The van der Waals surface area contributed by atoms with Gasteiger partial charge in [0.25, 0.3) is 0 Å². The molecule has 0 spiro atoms. The Bertz CT molecular complexity index is 671. The maximum atomic E-state index is 12.2. The highest BCUT2D eigenvalue weighted by atomic mass is 16.1. The number of benzene rings is 2. The van der Waals surface area contributed by atoms with Gasteiger partial charge in [-0.05, 0) is 23.3 Å². The zero-order valence-electron chi connectivity index (χ0n) is 10.8. The van der Waals surface area contributed by atoms with Crippen LogP contribution in [0.4, 0.5) is 5.69 Å². The third kappa shape index (κ3) is 1.95. The molecule has 19 heavy (non-hydrogen) atoms. The Hall–Kier alpha value is -2.35. The Morgan fingerprint density at radius 1 is 1.11 bits per heavy atom. The maximum absolute atomic E-state index is 12.2. The van der Waals surface area contributed by atoms with E-state index < -0.39 is 0 Å². The fourth-order valence-electron chi connectivity index (χ4n) is 2.48. The first-order chi connectivity index (χ1) is 9.31. The van der Waals surface area contributed by atoms with E-state index in [-0.39, 0.29) is 5.78 Å². The first-order valence-electron chi connectivity index (χ1n) is 6.50. The summed E-state index contributed by atoms with van der Waals surface area (Å²) in [5.41, 5.74) is 5.03. The second kappa shape index (κ2) is 4.73. The van der Waals surface area contributed by atoms with Gasteiger partial charge in [0.05, 0.1) is 0 Å². The number of anilines is 1. The van der Waals surface area contributed by atoms with Crippen LogP contribution >= 0.6 is 0 Å². The van der Waals surface area contributed by atoms with Gasteiger partial charge in [0.2, 0.25) is 0 Å². The molecule has 0 fully saturated rings. The SMILES string of the molecule is CCC(=O)c1cccc2c1-c1ccccc1C=CN2. The van der Waals surface area contributed by atoms with Gasteiger partial charge >= 0.3 is 0 Å². The number of carbonyl (C=O) groups is 1. The molecule has 0 amide bonds. The van der Waals surface area contributed by atoms with Gasteiger partial charge in [-0.1, -0.05) is 43.3 Å². The van der Waals surface area contributed by atoms with Crippen LogP contribution in [-0.2, 0) is 0 Å². The zero-order chi connectivity index (χ0) is 13.2. The Kier molecular flexibility index (Phi) is 2.92. The highest BCUT2D eigenvalue weighted by Crippen LogP contribution is 2.36. The van der Waals surface area contributed by atoms with Crippen molar-refractivity contribution in [2.75, 3.05) is 5.32 Å². The third-order valence-electron chi connectivity index (χ3n) is 3.42.